The molecule has 0 unspecified atom stereocenters. The van der Waals surface area contributed by atoms with Crippen molar-refractivity contribution < 1.29 is 9.66 Å². The van der Waals surface area contributed by atoms with E-state index in [1.807, 2.05) is 26.8 Å². The summed E-state index contributed by atoms with van der Waals surface area (Å²) >= 11 is 0. The second kappa shape index (κ2) is 3.33. The lowest BCUT2D eigenvalue weighted by Gasteiger charge is -2.32. The van der Waals surface area contributed by atoms with Gasteiger partial charge in [0.2, 0.25) is 0 Å². The number of fused-ring (bicyclic) bond motifs is 1. The van der Waals surface area contributed by atoms with E-state index < -0.39 is 4.92 Å². The summed E-state index contributed by atoms with van der Waals surface area (Å²) in [5, 5.41) is 10.6. The SMILES string of the molecule is CC1=Cc2cc([N+](=O)[O-])ccc2OC1(C)C. The predicted molar refractivity (Wildman–Crippen MR) is 61.5 cm³/mol. The van der Waals surface area contributed by atoms with Gasteiger partial charge in [0.1, 0.15) is 11.4 Å². The van der Waals surface area contributed by atoms with Crippen LogP contribution >= 0.6 is 0 Å². The second-order valence-corrected chi connectivity index (χ2v) is 4.42. The quantitative estimate of drug-likeness (QED) is 0.538. The van der Waals surface area contributed by atoms with E-state index in [-0.39, 0.29) is 11.3 Å². The molecule has 1 heterocycles. The van der Waals surface area contributed by atoms with Crippen LogP contribution in [0, 0.1) is 10.1 Å². The fourth-order valence-corrected chi connectivity index (χ4v) is 1.62. The first kappa shape index (κ1) is 10.7. The van der Waals surface area contributed by atoms with E-state index in [0.29, 0.717) is 5.75 Å². The highest BCUT2D eigenvalue weighted by Crippen LogP contribution is 2.36. The molecule has 0 saturated carbocycles. The Morgan fingerprint density at radius 3 is 2.69 bits per heavy atom. The summed E-state index contributed by atoms with van der Waals surface area (Å²) in [5.41, 5.74) is 1.57. The van der Waals surface area contributed by atoms with Crippen molar-refractivity contribution in [3.05, 3.63) is 39.4 Å². The van der Waals surface area contributed by atoms with Crippen LogP contribution in [-0.2, 0) is 0 Å². The average molecular weight is 219 g/mol. The minimum atomic E-state index is -0.400. The minimum absolute atomic E-state index is 0.0890. The van der Waals surface area contributed by atoms with Crippen LogP contribution in [0.3, 0.4) is 0 Å². The van der Waals surface area contributed by atoms with E-state index in [1.165, 1.54) is 12.1 Å². The van der Waals surface area contributed by atoms with Crippen molar-refractivity contribution in [2.24, 2.45) is 0 Å². The standard InChI is InChI=1S/C12H13NO3/c1-8-6-9-7-10(13(14)15)4-5-11(9)16-12(8,2)3/h4-7H,1-3H3. The van der Waals surface area contributed by atoms with Gasteiger partial charge < -0.3 is 4.74 Å². The molecule has 0 atom stereocenters. The van der Waals surface area contributed by atoms with Crippen LogP contribution in [0.15, 0.2) is 23.8 Å². The maximum absolute atomic E-state index is 10.6. The van der Waals surface area contributed by atoms with Gasteiger partial charge in [0, 0.05) is 17.7 Å². The van der Waals surface area contributed by atoms with Gasteiger partial charge in [-0.25, -0.2) is 0 Å². The zero-order valence-electron chi connectivity index (χ0n) is 9.48. The number of hydrogen-bond donors (Lipinski definition) is 0. The molecule has 1 aliphatic heterocycles. The van der Waals surface area contributed by atoms with Gasteiger partial charge in [-0.05, 0) is 38.5 Å². The number of hydrogen-bond acceptors (Lipinski definition) is 3. The van der Waals surface area contributed by atoms with Crippen molar-refractivity contribution >= 4 is 11.8 Å². The third kappa shape index (κ3) is 1.66. The molecule has 0 aromatic heterocycles. The van der Waals surface area contributed by atoms with Crippen LogP contribution < -0.4 is 4.74 Å². The van der Waals surface area contributed by atoms with E-state index in [0.717, 1.165) is 11.1 Å². The zero-order chi connectivity index (χ0) is 11.9. The van der Waals surface area contributed by atoms with Gasteiger partial charge in [0.25, 0.3) is 5.69 Å². The lowest BCUT2D eigenvalue weighted by Crippen LogP contribution is -2.31. The van der Waals surface area contributed by atoms with E-state index in [1.54, 1.807) is 6.07 Å². The first-order chi connectivity index (χ1) is 7.40. The van der Waals surface area contributed by atoms with Crippen LogP contribution in [0.2, 0.25) is 0 Å². The van der Waals surface area contributed by atoms with Gasteiger partial charge in [-0.3, -0.25) is 10.1 Å². The topological polar surface area (TPSA) is 52.4 Å². The Hall–Kier alpha value is -1.84. The van der Waals surface area contributed by atoms with Gasteiger partial charge in [0.05, 0.1) is 4.92 Å². The summed E-state index contributed by atoms with van der Waals surface area (Å²) in [6, 6.07) is 4.65. The number of nitro benzene ring substituents is 1. The minimum Gasteiger partial charge on any atom is -0.483 e. The number of non-ortho nitro benzene ring substituents is 1. The maximum atomic E-state index is 10.6. The lowest BCUT2D eigenvalue weighted by atomic mass is 9.93. The third-order valence-electron chi connectivity index (χ3n) is 2.89. The maximum Gasteiger partial charge on any atom is 0.270 e. The zero-order valence-corrected chi connectivity index (χ0v) is 9.48. The number of nitrogens with zero attached hydrogens (tertiary/aromatic N) is 1. The molecule has 2 rings (SSSR count). The molecule has 0 fully saturated rings. The molecule has 0 amide bonds. The van der Waals surface area contributed by atoms with Crippen molar-refractivity contribution in [1.82, 2.24) is 0 Å². The van der Waals surface area contributed by atoms with Crippen molar-refractivity contribution in [1.29, 1.82) is 0 Å². The predicted octanol–water partition coefficient (Wildman–Crippen LogP) is 3.17. The molecule has 0 N–H and O–H groups in total. The van der Waals surface area contributed by atoms with Crippen molar-refractivity contribution in [2.45, 2.75) is 26.4 Å². The van der Waals surface area contributed by atoms with Crippen LogP contribution in [0.1, 0.15) is 26.3 Å². The molecule has 84 valence electrons. The van der Waals surface area contributed by atoms with E-state index in [4.69, 9.17) is 4.74 Å². The first-order valence-corrected chi connectivity index (χ1v) is 5.06. The van der Waals surface area contributed by atoms with Crippen molar-refractivity contribution in [3.63, 3.8) is 0 Å². The summed E-state index contributed by atoms with van der Waals surface area (Å²) in [5.74, 6) is 0.696. The van der Waals surface area contributed by atoms with Gasteiger partial charge >= 0.3 is 0 Å². The van der Waals surface area contributed by atoms with Gasteiger partial charge in [-0.1, -0.05) is 0 Å². The number of ether oxygens (including phenoxy) is 1. The summed E-state index contributed by atoms with van der Waals surface area (Å²) in [4.78, 5) is 10.2. The highest BCUT2D eigenvalue weighted by molar-refractivity contribution is 5.66. The lowest BCUT2D eigenvalue weighted by molar-refractivity contribution is -0.384. The van der Waals surface area contributed by atoms with Crippen LogP contribution in [0.4, 0.5) is 5.69 Å². The molecular weight excluding hydrogens is 206 g/mol. The Balaban J connectivity index is 2.51. The number of rotatable bonds is 1. The Labute approximate surface area is 93.7 Å². The molecule has 0 saturated heterocycles. The molecule has 0 aliphatic carbocycles. The monoisotopic (exact) mass is 219 g/mol. The Morgan fingerprint density at radius 1 is 1.38 bits per heavy atom. The van der Waals surface area contributed by atoms with Gasteiger partial charge in [-0.2, -0.15) is 0 Å². The Bertz CT molecular complexity index is 489. The second-order valence-electron chi connectivity index (χ2n) is 4.42. The summed E-state index contributed by atoms with van der Waals surface area (Å²) in [6.45, 7) is 5.91. The fraction of sp³-hybridized carbons (Fsp3) is 0.333. The average Bonchev–Trinajstić information content (AvgIpc) is 2.18. The fourth-order valence-electron chi connectivity index (χ4n) is 1.62. The van der Waals surface area contributed by atoms with E-state index in [2.05, 4.69) is 0 Å². The Kier molecular flexibility index (Phi) is 2.22. The first-order valence-electron chi connectivity index (χ1n) is 5.06. The molecule has 0 radical (unpaired) electrons. The largest absolute Gasteiger partial charge is 0.483 e. The molecule has 4 nitrogen and oxygen atoms in total. The van der Waals surface area contributed by atoms with Crippen LogP contribution in [-0.4, -0.2) is 10.5 Å². The van der Waals surface area contributed by atoms with Crippen molar-refractivity contribution in [3.8, 4) is 5.75 Å². The highest BCUT2D eigenvalue weighted by Gasteiger charge is 2.28. The molecule has 0 bridgehead atoms. The smallest absolute Gasteiger partial charge is 0.270 e. The molecule has 1 aromatic carbocycles. The van der Waals surface area contributed by atoms with Gasteiger partial charge in [-0.15, -0.1) is 0 Å². The molecule has 1 aliphatic rings. The molecule has 1 aromatic rings. The summed E-state index contributed by atoms with van der Waals surface area (Å²) in [6.07, 6.45) is 1.94. The normalized spacial score (nSPS) is 17.1. The van der Waals surface area contributed by atoms with Crippen LogP contribution in [0.5, 0.6) is 5.75 Å². The Morgan fingerprint density at radius 2 is 2.06 bits per heavy atom. The van der Waals surface area contributed by atoms with E-state index >= 15 is 0 Å². The van der Waals surface area contributed by atoms with E-state index in [9.17, 15) is 10.1 Å². The summed E-state index contributed by atoms with van der Waals surface area (Å²) in [7, 11) is 0. The molecular formula is C12H13NO3. The number of nitro groups is 1. The summed E-state index contributed by atoms with van der Waals surface area (Å²) < 4.78 is 5.78. The van der Waals surface area contributed by atoms with Gasteiger partial charge in [0.15, 0.2) is 0 Å². The molecule has 4 heteroatoms. The van der Waals surface area contributed by atoms with Crippen LogP contribution in [0.25, 0.3) is 6.08 Å². The number of benzene rings is 1. The highest BCUT2D eigenvalue weighted by atomic mass is 16.6. The van der Waals surface area contributed by atoms with Crippen molar-refractivity contribution in [2.75, 3.05) is 0 Å². The molecule has 0 spiro atoms. The molecule has 16 heavy (non-hydrogen) atoms. The third-order valence-corrected chi connectivity index (χ3v) is 2.89.